The molecule has 2 N–H and O–H groups in total. The minimum atomic E-state index is -0.974. The summed E-state index contributed by atoms with van der Waals surface area (Å²) in [5.74, 6) is -1.48. The lowest BCUT2D eigenvalue weighted by Crippen LogP contribution is -2.46. The lowest BCUT2D eigenvalue weighted by molar-refractivity contribution is -0.137. The van der Waals surface area contributed by atoms with Gasteiger partial charge in [-0.3, -0.25) is 14.4 Å². The number of aliphatic hydroxyl groups is 1. The van der Waals surface area contributed by atoms with E-state index in [2.05, 4.69) is 0 Å². The number of carbonyl (C=O) groups excluding carboxylic acids is 2. The van der Waals surface area contributed by atoms with Crippen LogP contribution in [0.4, 0.5) is 0 Å². The Kier molecular flexibility index (Phi) is 9.09. The second-order valence-electron chi connectivity index (χ2n) is 10.5. The summed E-state index contributed by atoms with van der Waals surface area (Å²) in [4.78, 5) is 42.8. The van der Waals surface area contributed by atoms with E-state index in [1.165, 1.54) is 0 Å². The third kappa shape index (κ3) is 6.42. The van der Waals surface area contributed by atoms with E-state index in [-0.39, 0.29) is 37.4 Å². The van der Waals surface area contributed by atoms with Gasteiger partial charge in [-0.25, -0.2) is 0 Å². The molecular formula is C35H34N2O5. The monoisotopic (exact) mass is 562 g/mol. The summed E-state index contributed by atoms with van der Waals surface area (Å²) in [7, 11) is 0. The van der Waals surface area contributed by atoms with Crippen molar-refractivity contribution in [2.24, 2.45) is 0 Å². The molecule has 1 aliphatic rings. The van der Waals surface area contributed by atoms with Gasteiger partial charge in [0, 0.05) is 30.8 Å². The molecule has 0 aliphatic carbocycles. The van der Waals surface area contributed by atoms with Crippen LogP contribution in [0.1, 0.15) is 43.8 Å². The molecule has 0 radical (unpaired) electrons. The average molecular weight is 563 g/mol. The summed E-state index contributed by atoms with van der Waals surface area (Å²) in [6, 6.07) is 31.7. The highest BCUT2D eigenvalue weighted by molar-refractivity contribution is 6.06. The average Bonchev–Trinajstić information content (AvgIpc) is 3.04. The number of aliphatic hydroxyl groups excluding tert-OH is 1. The fourth-order valence-electron chi connectivity index (χ4n) is 5.58. The van der Waals surface area contributed by atoms with Crippen molar-refractivity contribution in [3.8, 4) is 11.1 Å². The van der Waals surface area contributed by atoms with Crippen molar-refractivity contribution in [3.05, 3.63) is 131 Å². The Morgan fingerprint density at radius 3 is 2.02 bits per heavy atom. The Morgan fingerprint density at radius 2 is 1.33 bits per heavy atom. The van der Waals surface area contributed by atoms with E-state index < -0.39 is 5.97 Å². The molecule has 1 heterocycles. The molecule has 0 spiro atoms. The van der Waals surface area contributed by atoms with Crippen molar-refractivity contribution in [1.29, 1.82) is 0 Å². The standard InChI is InChI=1S/C35H34N2O5/c38-24-28-22-26-12-4-5-13-27(26)23-37(28)35(42)32-17-9-7-15-30(32)29-14-6-8-16-31(29)34(41)36(21-19-33(39)40)20-18-25-10-2-1-3-11-25/h1-17,28,38H,18-24H2,(H,39,40)/t28-/m0/s1. The van der Waals surface area contributed by atoms with Gasteiger partial charge in [-0.15, -0.1) is 0 Å². The number of benzene rings is 4. The molecule has 7 nitrogen and oxygen atoms in total. The molecule has 1 aliphatic heterocycles. The molecule has 0 bridgehead atoms. The normalized spacial score (nSPS) is 14.2. The molecule has 4 aromatic rings. The van der Waals surface area contributed by atoms with Gasteiger partial charge in [-0.05, 0) is 52.8 Å². The predicted molar refractivity (Wildman–Crippen MR) is 161 cm³/mol. The molecule has 5 rings (SSSR count). The third-order valence-electron chi connectivity index (χ3n) is 7.83. The summed E-state index contributed by atoms with van der Waals surface area (Å²) >= 11 is 0. The summed E-state index contributed by atoms with van der Waals surface area (Å²) in [5, 5.41) is 19.5. The predicted octanol–water partition coefficient (Wildman–Crippen LogP) is 5.07. The number of carbonyl (C=O) groups is 3. The quantitative estimate of drug-likeness (QED) is 0.281. The van der Waals surface area contributed by atoms with Crippen LogP contribution >= 0.6 is 0 Å². The lowest BCUT2D eigenvalue weighted by atomic mass is 9.91. The zero-order valence-corrected chi connectivity index (χ0v) is 23.4. The first kappa shape index (κ1) is 28.8. The lowest BCUT2D eigenvalue weighted by Gasteiger charge is -2.36. The zero-order valence-electron chi connectivity index (χ0n) is 23.4. The molecule has 42 heavy (non-hydrogen) atoms. The molecular weight excluding hydrogens is 528 g/mol. The summed E-state index contributed by atoms with van der Waals surface area (Å²) in [6.07, 6.45) is 0.981. The molecule has 7 heteroatoms. The van der Waals surface area contributed by atoms with Gasteiger partial charge in [0.05, 0.1) is 19.1 Å². The van der Waals surface area contributed by atoms with Crippen LogP contribution in [-0.4, -0.2) is 63.5 Å². The number of hydrogen-bond donors (Lipinski definition) is 2. The number of carboxylic acids is 1. The summed E-state index contributed by atoms with van der Waals surface area (Å²) < 4.78 is 0. The summed E-state index contributed by atoms with van der Waals surface area (Å²) in [5.41, 5.74) is 5.29. The summed E-state index contributed by atoms with van der Waals surface area (Å²) in [6.45, 7) is 0.659. The van der Waals surface area contributed by atoms with Crippen LogP contribution in [-0.2, 0) is 24.2 Å². The third-order valence-corrected chi connectivity index (χ3v) is 7.83. The van der Waals surface area contributed by atoms with Gasteiger partial charge in [0.15, 0.2) is 0 Å². The first-order chi connectivity index (χ1) is 20.5. The minimum Gasteiger partial charge on any atom is -0.481 e. The smallest absolute Gasteiger partial charge is 0.305 e. The minimum absolute atomic E-state index is 0.0707. The van der Waals surface area contributed by atoms with E-state index in [1.54, 1.807) is 34.1 Å². The van der Waals surface area contributed by atoms with Crippen molar-refractivity contribution in [2.75, 3.05) is 19.7 Å². The van der Waals surface area contributed by atoms with Crippen LogP contribution < -0.4 is 0 Å². The first-order valence-electron chi connectivity index (χ1n) is 14.2. The van der Waals surface area contributed by atoms with E-state index in [0.29, 0.717) is 48.2 Å². The van der Waals surface area contributed by atoms with E-state index in [9.17, 15) is 24.6 Å². The van der Waals surface area contributed by atoms with Gasteiger partial charge in [0.25, 0.3) is 11.8 Å². The van der Waals surface area contributed by atoms with Crippen LogP contribution in [0.5, 0.6) is 0 Å². The molecule has 214 valence electrons. The largest absolute Gasteiger partial charge is 0.481 e. The first-order valence-corrected chi connectivity index (χ1v) is 14.2. The van der Waals surface area contributed by atoms with E-state index in [0.717, 1.165) is 16.7 Å². The molecule has 1 atom stereocenters. The van der Waals surface area contributed by atoms with Crippen molar-refractivity contribution in [3.63, 3.8) is 0 Å². The SMILES string of the molecule is O=C(O)CCN(CCc1ccccc1)C(=O)c1ccccc1-c1ccccc1C(=O)N1Cc2ccccc2C[C@H]1CO. The number of fused-ring (bicyclic) bond motifs is 1. The van der Waals surface area contributed by atoms with Gasteiger partial charge in [0.2, 0.25) is 0 Å². The molecule has 4 aromatic carbocycles. The maximum atomic E-state index is 14.1. The fourth-order valence-corrected chi connectivity index (χ4v) is 5.58. The number of carboxylic acid groups (broad SMARTS) is 1. The second kappa shape index (κ2) is 13.3. The number of aliphatic carboxylic acids is 1. The van der Waals surface area contributed by atoms with Crippen LogP contribution in [0.25, 0.3) is 11.1 Å². The number of nitrogens with zero attached hydrogens (tertiary/aromatic N) is 2. The van der Waals surface area contributed by atoms with Crippen molar-refractivity contribution < 1.29 is 24.6 Å². The van der Waals surface area contributed by atoms with E-state index >= 15 is 0 Å². The topological polar surface area (TPSA) is 98.2 Å². The van der Waals surface area contributed by atoms with Crippen molar-refractivity contribution >= 4 is 17.8 Å². The Labute approximate surface area is 245 Å². The molecule has 0 aromatic heterocycles. The number of amides is 2. The van der Waals surface area contributed by atoms with Crippen LogP contribution in [0.3, 0.4) is 0 Å². The van der Waals surface area contributed by atoms with Gasteiger partial charge in [-0.2, -0.15) is 0 Å². The molecule has 0 saturated carbocycles. The number of hydrogen-bond acceptors (Lipinski definition) is 4. The van der Waals surface area contributed by atoms with Gasteiger partial charge < -0.3 is 20.0 Å². The fraction of sp³-hybridized carbons (Fsp3) is 0.229. The van der Waals surface area contributed by atoms with Crippen LogP contribution in [0.15, 0.2) is 103 Å². The van der Waals surface area contributed by atoms with E-state index in [4.69, 9.17) is 0 Å². The highest BCUT2D eigenvalue weighted by atomic mass is 16.4. The van der Waals surface area contributed by atoms with Gasteiger partial charge >= 0.3 is 5.97 Å². The molecule has 2 amide bonds. The Morgan fingerprint density at radius 1 is 0.738 bits per heavy atom. The second-order valence-corrected chi connectivity index (χ2v) is 10.5. The Bertz CT molecular complexity index is 1570. The van der Waals surface area contributed by atoms with Gasteiger partial charge in [0.1, 0.15) is 0 Å². The maximum absolute atomic E-state index is 14.1. The van der Waals surface area contributed by atoms with Crippen LogP contribution in [0.2, 0.25) is 0 Å². The van der Waals surface area contributed by atoms with Crippen LogP contribution in [0, 0.1) is 0 Å². The highest BCUT2D eigenvalue weighted by Gasteiger charge is 2.31. The zero-order chi connectivity index (χ0) is 29.5. The number of rotatable bonds is 10. The molecule has 0 unspecified atom stereocenters. The highest BCUT2D eigenvalue weighted by Crippen LogP contribution is 2.32. The maximum Gasteiger partial charge on any atom is 0.305 e. The Balaban J connectivity index is 1.47. The Hall–Kier alpha value is -4.75. The van der Waals surface area contributed by atoms with Crippen molar-refractivity contribution in [2.45, 2.75) is 31.8 Å². The molecule has 0 fully saturated rings. The van der Waals surface area contributed by atoms with E-state index in [1.807, 2.05) is 78.9 Å². The molecule has 0 saturated heterocycles. The van der Waals surface area contributed by atoms with Crippen molar-refractivity contribution in [1.82, 2.24) is 9.80 Å². The van der Waals surface area contributed by atoms with Gasteiger partial charge in [-0.1, -0.05) is 91.0 Å².